The molecule has 1 fully saturated rings. The summed E-state index contributed by atoms with van der Waals surface area (Å²) in [4.78, 5) is 0. The van der Waals surface area contributed by atoms with Crippen molar-refractivity contribution < 1.29 is 0 Å². The SMILES string of the molecule is Cc1ccc2c(c1C)C1CCC2C1. The zero-order valence-corrected chi connectivity index (χ0v) is 8.43. The molecule has 0 nitrogen and oxygen atoms in total. The molecule has 1 aromatic rings. The van der Waals surface area contributed by atoms with Crippen LogP contribution >= 0.6 is 0 Å². The summed E-state index contributed by atoms with van der Waals surface area (Å²) in [5.74, 6) is 1.83. The second-order valence-corrected chi connectivity index (χ2v) is 4.72. The van der Waals surface area contributed by atoms with E-state index in [0.717, 1.165) is 11.8 Å². The normalized spacial score (nSPS) is 29.4. The summed E-state index contributed by atoms with van der Waals surface area (Å²) in [6.45, 7) is 4.54. The maximum atomic E-state index is 2.38. The van der Waals surface area contributed by atoms with E-state index in [-0.39, 0.29) is 0 Å². The van der Waals surface area contributed by atoms with Crippen LogP contribution in [0.25, 0.3) is 0 Å². The summed E-state index contributed by atoms with van der Waals surface area (Å²) in [7, 11) is 0. The Hall–Kier alpha value is -0.780. The van der Waals surface area contributed by atoms with Crippen molar-refractivity contribution in [3.63, 3.8) is 0 Å². The van der Waals surface area contributed by atoms with Gasteiger partial charge in [-0.25, -0.2) is 0 Å². The highest BCUT2D eigenvalue weighted by atomic mass is 14.4. The van der Waals surface area contributed by atoms with Crippen molar-refractivity contribution in [3.8, 4) is 0 Å². The molecule has 0 aromatic heterocycles. The van der Waals surface area contributed by atoms with Gasteiger partial charge in [-0.15, -0.1) is 0 Å². The van der Waals surface area contributed by atoms with Crippen LogP contribution < -0.4 is 0 Å². The fourth-order valence-corrected chi connectivity index (χ4v) is 3.28. The molecule has 13 heavy (non-hydrogen) atoms. The molecule has 68 valence electrons. The van der Waals surface area contributed by atoms with Crippen molar-refractivity contribution in [2.24, 2.45) is 0 Å². The van der Waals surface area contributed by atoms with Gasteiger partial charge in [0, 0.05) is 0 Å². The summed E-state index contributed by atoms with van der Waals surface area (Å²) < 4.78 is 0. The van der Waals surface area contributed by atoms with Crippen molar-refractivity contribution in [2.45, 2.75) is 44.9 Å². The van der Waals surface area contributed by atoms with Crippen LogP contribution in [0.1, 0.15) is 53.4 Å². The monoisotopic (exact) mass is 172 g/mol. The molecule has 0 N–H and O–H groups in total. The third kappa shape index (κ3) is 0.864. The van der Waals surface area contributed by atoms with Crippen LogP contribution in [0.15, 0.2) is 12.1 Å². The Labute approximate surface area is 80.0 Å². The van der Waals surface area contributed by atoms with Gasteiger partial charge in [-0.05, 0) is 67.2 Å². The maximum Gasteiger partial charge on any atom is -0.0150 e. The molecule has 1 saturated carbocycles. The number of hydrogen-bond acceptors (Lipinski definition) is 0. The largest absolute Gasteiger partial charge is 0.0588 e. The van der Waals surface area contributed by atoms with Crippen LogP contribution in [0.5, 0.6) is 0 Å². The Morgan fingerprint density at radius 1 is 1.08 bits per heavy atom. The van der Waals surface area contributed by atoms with Crippen LogP contribution in [-0.4, -0.2) is 0 Å². The van der Waals surface area contributed by atoms with Crippen molar-refractivity contribution in [1.29, 1.82) is 0 Å². The predicted octanol–water partition coefficient (Wildman–Crippen LogP) is 3.67. The van der Waals surface area contributed by atoms with E-state index in [1.54, 1.807) is 16.7 Å². The fourth-order valence-electron chi connectivity index (χ4n) is 3.28. The van der Waals surface area contributed by atoms with E-state index in [1.165, 1.54) is 24.8 Å². The first kappa shape index (κ1) is 7.61. The Morgan fingerprint density at radius 2 is 1.85 bits per heavy atom. The maximum absolute atomic E-state index is 2.38. The second kappa shape index (κ2) is 2.37. The molecule has 2 aliphatic rings. The number of rotatable bonds is 0. The molecule has 2 aliphatic carbocycles. The van der Waals surface area contributed by atoms with E-state index in [9.17, 15) is 0 Å². The molecular weight excluding hydrogens is 156 g/mol. The first-order valence-corrected chi connectivity index (χ1v) is 5.37. The van der Waals surface area contributed by atoms with E-state index in [4.69, 9.17) is 0 Å². The average molecular weight is 172 g/mol. The topological polar surface area (TPSA) is 0 Å². The number of hydrogen-bond donors (Lipinski definition) is 0. The molecular formula is C13H16. The minimum atomic E-state index is 0.916. The zero-order chi connectivity index (χ0) is 9.00. The van der Waals surface area contributed by atoms with E-state index >= 15 is 0 Å². The van der Waals surface area contributed by atoms with E-state index in [0.29, 0.717) is 0 Å². The summed E-state index contributed by atoms with van der Waals surface area (Å²) in [5.41, 5.74) is 6.45. The van der Waals surface area contributed by atoms with Gasteiger partial charge >= 0.3 is 0 Å². The summed E-state index contributed by atoms with van der Waals surface area (Å²) in [6.07, 6.45) is 4.34. The molecule has 0 radical (unpaired) electrons. The lowest BCUT2D eigenvalue weighted by Crippen LogP contribution is -2.01. The summed E-state index contributed by atoms with van der Waals surface area (Å²) in [6, 6.07) is 4.68. The first-order valence-electron chi connectivity index (χ1n) is 5.37. The molecule has 0 heterocycles. The van der Waals surface area contributed by atoms with Crippen LogP contribution in [0.4, 0.5) is 0 Å². The van der Waals surface area contributed by atoms with Gasteiger partial charge in [-0.2, -0.15) is 0 Å². The van der Waals surface area contributed by atoms with Gasteiger partial charge in [0.2, 0.25) is 0 Å². The lowest BCUT2D eigenvalue weighted by Gasteiger charge is -2.18. The molecule has 0 spiro atoms. The van der Waals surface area contributed by atoms with Gasteiger partial charge in [0.25, 0.3) is 0 Å². The van der Waals surface area contributed by atoms with Crippen LogP contribution in [0, 0.1) is 13.8 Å². The van der Waals surface area contributed by atoms with E-state index in [2.05, 4.69) is 26.0 Å². The van der Waals surface area contributed by atoms with Gasteiger partial charge in [0.1, 0.15) is 0 Å². The molecule has 2 bridgehead atoms. The molecule has 2 unspecified atom stereocenters. The highest BCUT2D eigenvalue weighted by molar-refractivity contribution is 5.48. The van der Waals surface area contributed by atoms with Gasteiger partial charge in [-0.3, -0.25) is 0 Å². The van der Waals surface area contributed by atoms with Crippen molar-refractivity contribution in [3.05, 3.63) is 34.4 Å². The van der Waals surface area contributed by atoms with Crippen molar-refractivity contribution >= 4 is 0 Å². The minimum Gasteiger partial charge on any atom is -0.0588 e. The molecule has 0 aliphatic heterocycles. The lowest BCUT2D eigenvalue weighted by atomic mass is 9.87. The van der Waals surface area contributed by atoms with Gasteiger partial charge < -0.3 is 0 Å². The van der Waals surface area contributed by atoms with Gasteiger partial charge in [0.05, 0.1) is 0 Å². The lowest BCUT2D eigenvalue weighted by molar-refractivity contribution is 0.712. The quantitative estimate of drug-likeness (QED) is 0.560. The molecule has 2 atom stereocenters. The predicted molar refractivity (Wildman–Crippen MR) is 55.2 cm³/mol. The highest BCUT2D eigenvalue weighted by Gasteiger charge is 2.37. The second-order valence-electron chi connectivity index (χ2n) is 4.72. The smallest absolute Gasteiger partial charge is 0.0150 e. The Morgan fingerprint density at radius 3 is 2.69 bits per heavy atom. The summed E-state index contributed by atoms with van der Waals surface area (Å²) >= 11 is 0. The summed E-state index contributed by atoms with van der Waals surface area (Å²) in [5, 5.41) is 0. The standard InChI is InChI=1S/C13H16/c1-8-3-6-12-10-4-5-11(7-10)13(12)9(8)2/h3,6,10-11H,4-5,7H2,1-2H3. The fraction of sp³-hybridized carbons (Fsp3) is 0.538. The minimum absolute atomic E-state index is 0.916. The Balaban J connectivity index is 2.26. The van der Waals surface area contributed by atoms with Gasteiger partial charge in [0.15, 0.2) is 0 Å². The number of benzene rings is 1. The van der Waals surface area contributed by atoms with E-state index < -0.39 is 0 Å². The number of aryl methyl sites for hydroxylation is 1. The van der Waals surface area contributed by atoms with Crippen LogP contribution in [0.2, 0.25) is 0 Å². The average Bonchev–Trinajstić information content (AvgIpc) is 2.70. The zero-order valence-electron chi connectivity index (χ0n) is 8.43. The number of fused-ring (bicyclic) bond motifs is 5. The molecule has 3 rings (SSSR count). The Bertz CT molecular complexity index is 363. The highest BCUT2D eigenvalue weighted by Crippen LogP contribution is 2.54. The third-order valence-corrected chi connectivity index (χ3v) is 4.10. The van der Waals surface area contributed by atoms with Crippen LogP contribution in [0.3, 0.4) is 0 Å². The third-order valence-electron chi connectivity index (χ3n) is 4.10. The molecule has 0 saturated heterocycles. The van der Waals surface area contributed by atoms with Crippen molar-refractivity contribution in [2.75, 3.05) is 0 Å². The van der Waals surface area contributed by atoms with Crippen LogP contribution in [-0.2, 0) is 0 Å². The molecule has 1 aromatic carbocycles. The first-order chi connectivity index (χ1) is 6.27. The van der Waals surface area contributed by atoms with Gasteiger partial charge in [-0.1, -0.05) is 12.1 Å². The Kier molecular flexibility index (Phi) is 1.39. The molecule has 0 amide bonds. The van der Waals surface area contributed by atoms with E-state index in [1.807, 2.05) is 0 Å². The van der Waals surface area contributed by atoms with Crippen molar-refractivity contribution in [1.82, 2.24) is 0 Å². The molecule has 0 heteroatoms.